The first-order valence-electron chi connectivity index (χ1n) is 9.96. The highest BCUT2D eigenvalue weighted by molar-refractivity contribution is 7.90. The van der Waals surface area contributed by atoms with Gasteiger partial charge >= 0.3 is 6.61 Å². The van der Waals surface area contributed by atoms with E-state index in [-0.39, 0.29) is 22.9 Å². The van der Waals surface area contributed by atoms with Gasteiger partial charge in [0.25, 0.3) is 15.9 Å². The minimum Gasteiger partial charge on any atom is -0.435 e. The van der Waals surface area contributed by atoms with E-state index in [0.29, 0.717) is 22.0 Å². The fourth-order valence-electron chi connectivity index (χ4n) is 3.45. The summed E-state index contributed by atoms with van der Waals surface area (Å²) < 4.78 is 71.5. The molecule has 0 spiro atoms. The first-order chi connectivity index (χ1) is 16.1. The van der Waals surface area contributed by atoms with Gasteiger partial charge in [0.1, 0.15) is 11.6 Å². The van der Waals surface area contributed by atoms with Crippen LogP contribution in [0.4, 0.5) is 13.2 Å². The Morgan fingerprint density at radius 3 is 2.47 bits per heavy atom. The summed E-state index contributed by atoms with van der Waals surface area (Å²) in [7, 11) is -4.35. The molecule has 0 saturated carbocycles. The fourth-order valence-corrected chi connectivity index (χ4v) is 4.52. The van der Waals surface area contributed by atoms with Crippen LogP contribution in [0, 0.1) is 12.7 Å². The number of benzene rings is 3. The van der Waals surface area contributed by atoms with Crippen molar-refractivity contribution in [1.82, 2.24) is 14.5 Å². The molecule has 34 heavy (non-hydrogen) atoms. The molecule has 0 fully saturated rings. The van der Waals surface area contributed by atoms with Crippen molar-refractivity contribution in [3.63, 3.8) is 0 Å². The summed E-state index contributed by atoms with van der Waals surface area (Å²) in [5.74, 6) is -1.72. The third kappa shape index (κ3) is 5.04. The van der Waals surface area contributed by atoms with Crippen molar-refractivity contribution in [2.24, 2.45) is 0 Å². The van der Waals surface area contributed by atoms with E-state index in [1.807, 2.05) is 4.72 Å². The first-order valence-corrected chi connectivity index (χ1v) is 11.4. The van der Waals surface area contributed by atoms with Gasteiger partial charge in [-0.25, -0.2) is 17.5 Å². The van der Waals surface area contributed by atoms with Crippen LogP contribution in [0.1, 0.15) is 21.6 Å². The molecule has 1 heterocycles. The molecule has 1 N–H and O–H groups in total. The van der Waals surface area contributed by atoms with Gasteiger partial charge in [-0.15, -0.1) is 0 Å². The number of para-hydroxylation sites is 1. The van der Waals surface area contributed by atoms with Crippen LogP contribution in [0.3, 0.4) is 0 Å². The predicted molar refractivity (Wildman–Crippen MR) is 118 cm³/mol. The minimum atomic E-state index is -4.35. The van der Waals surface area contributed by atoms with Crippen LogP contribution in [0.2, 0.25) is 0 Å². The van der Waals surface area contributed by atoms with Crippen molar-refractivity contribution >= 4 is 26.8 Å². The van der Waals surface area contributed by atoms with Crippen molar-refractivity contribution in [3.8, 4) is 5.75 Å². The Morgan fingerprint density at radius 2 is 1.79 bits per heavy atom. The third-order valence-corrected chi connectivity index (χ3v) is 6.22. The summed E-state index contributed by atoms with van der Waals surface area (Å²) in [5.41, 5.74) is 1.49. The average molecular weight is 489 g/mol. The molecule has 11 heteroatoms. The van der Waals surface area contributed by atoms with Crippen molar-refractivity contribution < 1.29 is 31.1 Å². The molecule has 176 valence electrons. The number of fused-ring (bicyclic) bond motifs is 1. The lowest BCUT2D eigenvalue weighted by atomic mass is 10.2. The maximum atomic E-state index is 13.7. The number of aromatic nitrogens is 2. The molecule has 4 rings (SSSR count). The second-order valence-electron chi connectivity index (χ2n) is 7.44. The number of sulfonamides is 1. The Morgan fingerprint density at radius 1 is 1.09 bits per heavy atom. The highest BCUT2D eigenvalue weighted by Gasteiger charge is 2.24. The lowest BCUT2D eigenvalue weighted by Gasteiger charge is -2.07. The first kappa shape index (κ1) is 23.3. The molecule has 0 unspecified atom stereocenters. The summed E-state index contributed by atoms with van der Waals surface area (Å²) in [4.78, 5) is 12.5. The van der Waals surface area contributed by atoms with Gasteiger partial charge in [0.2, 0.25) is 0 Å². The molecule has 0 aliphatic rings. The second-order valence-corrected chi connectivity index (χ2v) is 9.13. The summed E-state index contributed by atoms with van der Waals surface area (Å²) in [6.07, 6.45) is 0. The van der Waals surface area contributed by atoms with E-state index in [9.17, 15) is 26.4 Å². The van der Waals surface area contributed by atoms with Gasteiger partial charge in [0, 0.05) is 5.39 Å². The van der Waals surface area contributed by atoms with Crippen LogP contribution in [-0.4, -0.2) is 30.7 Å². The number of carbonyl (C=O) groups is 1. The maximum absolute atomic E-state index is 13.7. The van der Waals surface area contributed by atoms with E-state index in [0.717, 1.165) is 6.07 Å². The number of ether oxygens (including phenoxy) is 1. The Labute approximate surface area is 192 Å². The number of alkyl halides is 2. The molecule has 4 aromatic rings. The number of hydrogen-bond donors (Lipinski definition) is 1. The van der Waals surface area contributed by atoms with Crippen molar-refractivity contribution in [1.29, 1.82) is 0 Å². The van der Waals surface area contributed by atoms with Gasteiger partial charge in [-0.2, -0.15) is 13.9 Å². The Kier molecular flexibility index (Phi) is 6.29. The van der Waals surface area contributed by atoms with Gasteiger partial charge < -0.3 is 4.74 Å². The van der Waals surface area contributed by atoms with Crippen molar-refractivity contribution in [2.45, 2.75) is 25.0 Å². The SMILES string of the molecule is Cc1cc(F)cc(S(=O)(=O)NC(=O)c2nn(Cc3ccc(OC(F)F)cc3)c3ccccc23)c1. The van der Waals surface area contributed by atoms with Crippen LogP contribution in [-0.2, 0) is 16.6 Å². The molecular formula is C23H18F3N3O4S. The summed E-state index contributed by atoms with van der Waals surface area (Å²) in [5, 5.41) is 4.69. The minimum absolute atomic E-state index is 0.00179. The standard InChI is InChI=1S/C23H18F3N3O4S/c1-14-10-16(24)12-18(11-14)34(31,32)28-22(30)21-19-4-2-3-5-20(19)29(27-21)13-15-6-8-17(9-7-15)33-23(25)26/h2-12,23H,13H2,1H3,(H,28,30). The zero-order valence-corrected chi connectivity index (χ0v) is 18.5. The number of nitrogens with one attached hydrogen (secondary N) is 1. The van der Waals surface area contributed by atoms with E-state index in [1.165, 1.54) is 35.9 Å². The Hall–Kier alpha value is -3.86. The highest BCUT2D eigenvalue weighted by atomic mass is 32.2. The Bertz CT molecular complexity index is 1450. The van der Waals surface area contributed by atoms with Crippen molar-refractivity contribution in [3.05, 3.63) is 89.4 Å². The molecule has 0 aliphatic heterocycles. The molecule has 0 saturated heterocycles. The van der Waals surface area contributed by atoms with E-state index >= 15 is 0 Å². The fraction of sp³-hybridized carbons (Fsp3) is 0.130. The van der Waals surface area contributed by atoms with Crippen LogP contribution in [0.15, 0.2) is 71.6 Å². The second kappa shape index (κ2) is 9.18. The summed E-state index contributed by atoms with van der Waals surface area (Å²) in [6, 6.07) is 15.9. The maximum Gasteiger partial charge on any atom is 0.387 e. The largest absolute Gasteiger partial charge is 0.435 e. The predicted octanol–water partition coefficient (Wildman–Crippen LogP) is 4.25. The normalized spacial score (nSPS) is 11.7. The summed E-state index contributed by atoms with van der Waals surface area (Å²) in [6.45, 7) is -1.22. The van der Waals surface area contributed by atoms with E-state index in [4.69, 9.17) is 0 Å². The zero-order chi connectivity index (χ0) is 24.5. The van der Waals surface area contributed by atoms with E-state index in [1.54, 1.807) is 36.4 Å². The molecule has 0 bridgehead atoms. The van der Waals surface area contributed by atoms with Gasteiger partial charge in [0.15, 0.2) is 5.69 Å². The topological polar surface area (TPSA) is 90.3 Å². The molecule has 0 atom stereocenters. The smallest absolute Gasteiger partial charge is 0.387 e. The van der Waals surface area contributed by atoms with Crippen LogP contribution in [0.5, 0.6) is 5.75 Å². The van der Waals surface area contributed by atoms with Gasteiger partial charge in [-0.1, -0.05) is 30.3 Å². The van der Waals surface area contributed by atoms with Crippen LogP contribution in [0.25, 0.3) is 10.9 Å². The van der Waals surface area contributed by atoms with Gasteiger partial charge in [-0.3, -0.25) is 9.48 Å². The van der Waals surface area contributed by atoms with Crippen LogP contribution < -0.4 is 9.46 Å². The van der Waals surface area contributed by atoms with Crippen molar-refractivity contribution in [2.75, 3.05) is 0 Å². The number of nitrogens with zero attached hydrogens (tertiary/aromatic N) is 2. The lowest BCUT2D eigenvalue weighted by Crippen LogP contribution is -2.31. The summed E-state index contributed by atoms with van der Waals surface area (Å²) >= 11 is 0. The molecule has 7 nitrogen and oxygen atoms in total. The van der Waals surface area contributed by atoms with Crippen LogP contribution >= 0.6 is 0 Å². The zero-order valence-electron chi connectivity index (χ0n) is 17.7. The molecule has 0 aliphatic carbocycles. The van der Waals surface area contributed by atoms with E-state index < -0.39 is 28.4 Å². The molecule has 1 amide bonds. The number of amides is 1. The highest BCUT2D eigenvalue weighted by Crippen LogP contribution is 2.22. The van der Waals surface area contributed by atoms with E-state index in [2.05, 4.69) is 9.84 Å². The number of hydrogen-bond acceptors (Lipinski definition) is 5. The molecule has 0 radical (unpaired) electrons. The van der Waals surface area contributed by atoms with Gasteiger partial charge in [0.05, 0.1) is 17.0 Å². The number of aryl methyl sites for hydroxylation is 1. The molecule has 1 aromatic heterocycles. The molecular weight excluding hydrogens is 471 g/mol. The number of carbonyl (C=O) groups excluding carboxylic acids is 1. The third-order valence-electron chi connectivity index (χ3n) is 4.91. The molecule has 3 aromatic carbocycles. The lowest BCUT2D eigenvalue weighted by molar-refractivity contribution is -0.0498. The monoisotopic (exact) mass is 489 g/mol. The average Bonchev–Trinajstić information content (AvgIpc) is 3.12. The number of halogens is 3. The Balaban J connectivity index is 1.63. The quantitative estimate of drug-likeness (QED) is 0.419. The number of rotatable bonds is 7. The van der Waals surface area contributed by atoms with Gasteiger partial charge in [-0.05, 0) is 54.4 Å².